The lowest BCUT2D eigenvalue weighted by Gasteiger charge is -2.31. The van der Waals surface area contributed by atoms with Gasteiger partial charge in [-0.15, -0.1) is 0 Å². The summed E-state index contributed by atoms with van der Waals surface area (Å²) < 4.78 is 18.1. The average Bonchev–Trinajstić information content (AvgIpc) is 2.18. The van der Waals surface area contributed by atoms with Gasteiger partial charge in [0.05, 0.1) is 19.3 Å². The summed E-state index contributed by atoms with van der Waals surface area (Å²) >= 11 is 0. The first-order valence-electron chi connectivity index (χ1n) is 5.24. The van der Waals surface area contributed by atoms with Crippen molar-refractivity contribution < 1.29 is 19.0 Å². The van der Waals surface area contributed by atoms with Crippen molar-refractivity contribution >= 4 is 6.09 Å². The molecule has 1 heterocycles. The van der Waals surface area contributed by atoms with Gasteiger partial charge in [-0.1, -0.05) is 13.8 Å². The lowest BCUT2D eigenvalue weighted by molar-refractivity contribution is 0.00223. The molecule has 0 aromatic carbocycles. The predicted octanol–water partition coefficient (Wildman–Crippen LogP) is 1.18. The molecule has 4 nitrogen and oxygen atoms in total. The molecule has 1 saturated heterocycles. The van der Waals surface area contributed by atoms with Crippen molar-refractivity contribution in [2.45, 2.75) is 32.5 Å². The molecule has 0 saturated carbocycles. The predicted molar refractivity (Wildman–Crippen MR) is 53.3 cm³/mol. The van der Waals surface area contributed by atoms with Crippen LogP contribution in [0.15, 0.2) is 0 Å². The Kier molecular flexibility index (Phi) is 4.32. The Morgan fingerprint density at radius 2 is 2.33 bits per heavy atom. The van der Waals surface area contributed by atoms with Crippen molar-refractivity contribution in [3.05, 3.63) is 0 Å². The Labute approximate surface area is 89.0 Å². The molecule has 0 radical (unpaired) electrons. The van der Waals surface area contributed by atoms with Gasteiger partial charge in [0.1, 0.15) is 6.17 Å². The summed E-state index contributed by atoms with van der Waals surface area (Å²) in [5.74, 6) is 0.269. The van der Waals surface area contributed by atoms with Crippen LogP contribution in [-0.2, 0) is 4.74 Å². The summed E-state index contributed by atoms with van der Waals surface area (Å²) in [6.45, 7) is 4.50. The molecule has 88 valence electrons. The minimum absolute atomic E-state index is 0.0713. The van der Waals surface area contributed by atoms with Gasteiger partial charge in [0, 0.05) is 6.54 Å². The zero-order valence-electron chi connectivity index (χ0n) is 9.15. The summed E-state index contributed by atoms with van der Waals surface area (Å²) in [7, 11) is 0. The van der Waals surface area contributed by atoms with Crippen molar-refractivity contribution in [3.8, 4) is 0 Å². The number of aliphatic hydroxyl groups is 1. The van der Waals surface area contributed by atoms with Gasteiger partial charge < -0.3 is 14.7 Å². The van der Waals surface area contributed by atoms with Crippen LogP contribution in [0.4, 0.5) is 9.18 Å². The van der Waals surface area contributed by atoms with E-state index in [9.17, 15) is 9.18 Å². The molecule has 1 N–H and O–H groups in total. The van der Waals surface area contributed by atoms with Crippen LogP contribution in [0.5, 0.6) is 0 Å². The summed E-state index contributed by atoms with van der Waals surface area (Å²) in [6.07, 6.45) is -2.51. The smallest absolute Gasteiger partial charge is 0.409 e. The molecule has 1 amide bonds. The van der Waals surface area contributed by atoms with Crippen LogP contribution in [-0.4, -0.2) is 48.1 Å². The number of carbonyl (C=O) groups excluding carboxylic acids is 1. The number of halogens is 1. The van der Waals surface area contributed by atoms with Crippen LogP contribution in [0.2, 0.25) is 0 Å². The van der Waals surface area contributed by atoms with Crippen LogP contribution >= 0.6 is 0 Å². The molecule has 0 aliphatic carbocycles. The second-order valence-corrected chi connectivity index (χ2v) is 4.29. The maximum absolute atomic E-state index is 13.1. The topological polar surface area (TPSA) is 49.8 Å². The quantitative estimate of drug-likeness (QED) is 0.758. The van der Waals surface area contributed by atoms with Gasteiger partial charge in [-0.3, -0.25) is 0 Å². The standard InChI is InChI=1S/C10H18FNO3/c1-7(2)6-15-10(14)12-4-3-9(13)8(11)5-12/h7-9,13H,3-6H2,1-2H3. The number of piperidine rings is 1. The SMILES string of the molecule is CC(C)COC(=O)N1CCC(O)C(F)C1. The summed E-state index contributed by atoms with van der Waals surface area (Å²) in [4.78, 5) is 12.7. The van der Waals surface area contributed by atoms with Gasteiger partial charge >= 0.3 is 6.09 Å². The van der Waals surface area contributed by atoms with E-state index >= 15 is 0 Å². The van der Waals surface area contributed by atoms with Crippen LogP contribution < -0.4 is 0 Å². The maximum Gasteiger partial charge on any atom is 0.409 e. The van der Waals surface area contributed by atoms with Gasteiger partial charge in [0.25, 0.3) is 0 Å². The Balaban J connectivity index is 2.34. The third-order valence-electron chi connectivity index (χ3n) is 2.31. The number of rotatable bonds is 2. The minimum Gasteiger partial charge on any atom is -0.449 e. The van der Waals surface area contributed by atoms with Crippen LogP contribution in [0.3, 0.4) is 0 Å². The van der Waals surface area contributed by atoms with Crippen molar-refractivity contribution in [1.29, 1.82) is 0 Å². The molecule has 15 heavy (non-hydrogen) atoms. The molecule has 0 aromatic rings. The van der Waals surface area contributed by atoms with E-state index in [0.29, 0.717) is 13.2 Å². The second-order valence-electron chi connectivity index (χ2n) is 4.29. The molecule has 1 rings (SSSR count). The number of likely N-dealkylation sites (tertiary alicyclic amines) is 1. The van der Waals surface area contributed by atoms with E-state index in [-0.39, 0.29) is 18.9 Å². The van der Waals surface area contributed by atoms with Gasteiger partial charge in [0.2, 0.25) is 0 Å². The Morgan fingerprint density at radius 1 is 1.67 bits per heavy atom. The van der Waals surface area contributed by atoms with E-state index in [1.807, 2.05) is 13.8 Å². The van der Waals surface area contributed by atoms with Crippen molar-refractivity contribution in [2.75, 3.05) is 19.7 Å². The van der Waals surface area contributed by atoms with E-state index in [1.54, 1.807) is 0 Å². The highest BCUT2D eigenvalue weighted by molar-refractivity contribution is 5.67. The largest absolute Gasteiger partial charge is 0.449 e. The molecule has 5 heteroatoms. The van der Waals surface area contributed by atoms with E-state index in [0.717, 1.165) is 0 Å². The Hall–Kier alpha value is -0.840. The molecule has 0 aromatic heterocycles. The third kappa shape index (κ3) is 3.66. The van der Waals surface area contributed by atoms with Crippen molar-refractivity contribution in [1.82, 2.24) is 4.90 Å². The molecule has 2 unspecified atom stereocenters. The van der Waals surface area contributed by atoms with Crippen molar-refractivity contribution in [3.63, 3.8) is 0 Å². The van der Waals surface area contributed by atoms with Gasteiger partial charge in [-0.05, 0) is 12.3 Å². The minimum atomic E-state index is -1.36. The highest BCUT2D eigenvalue weighted by atomic mass is 19.1. The first kappa shape index (κ1) is 12.2. The fourth-order valence-electron chi connectivity index (χ4n) is 1.39. The summed E-state index contributed by atoms with van der Waals surface area (Å²) in [6, 6.07) is 0. The van der Waals surface area contributed by atoms with Crippen LogP contribution in [0.1, 0.15) is 20.3 Å². The monoisotopic (exact) mass is 219 g/mol. The number of aliphatic hydroxyl groups excluding tert-OH is 1. The molecule has 2 atom stereocenters. The molecule has 1 aliphatic heterocycles. The number of ether oxygens (including phenoxy) is 1. The van der Waals surface area contributed by atoms with Crippen molar-refractivity contribution in [2.24, 2.45) is 5.92 Å². The zero-order valence-corrected chi connectivity index (χ0v) is 9.15. The van der Waals surface area contributed by atoms with E-state index in [4.69, 9.17) is 9.84 Å². The lowest BCUT2D eigenvalue weighted by atomic mass is 10.1. The molecule has 0 spiro atoms. The summed E-state index contributed by atoms with van der Waals surface area (Å²) in [5.41, 5.74) is 0. The molecular formula is C10H18FNO3. The van der Waals surface area contributed by atoms with Crippen LogP contribution in [0.25, 0.3) is 0 Å². The zero-order chi connectivity index (χ0) is 11.4. The molecule has 0 bridgehead atoms. The highest BCUT2D eigenvalue weighted by Crippen LogP contribution is 2.14. The first-order chi connectivity index (χ1) is 7.00. The molecule has 1 fully saturated rings. The Bertz CT molecular complexity index is 223. The lowest BCUT2D eigenvalue weighted by Crippen LogP contribution is -2.47. The Morgan fingerprint density at radius 3 is 2.87 bits per heavy atom. The number of hydrogen-bond donors (Lipinski definition) is 1. The van der Waals surface area contributed by atoms with E-state index in [1.165, 1.54) is 4.90 Å². The average molecular weight is 219 g/mol. The normalized spacial score (nSPS) is 26.9. The summed E-state index contributed by atoms with van der Waals surface area (Å²) in [5, 5.41) is 9.14. The fourth-order valence-corrected chi connectivity index (χ4v) is 1.39. The fraction of sp³-hybridized carbons (Fsp3) is 0.900. The van der Waals surface area contributed by atoms with E-state index in [2.05, 4.69) is 0 Å². The number of alkyl halides is 1. The third-order valence-corrected chi connectivity index (χ3v) is 2.31. The highest BCUT2D eigenvalue weighted by Gasteiger charge is 2.30. The van der Waals surface area contributed by atoms with Gasteiger partial charge in [-0.2, -0.15) is 0 Å². The second kappa shape index (κ2) is 5.30. The number of carbonyl (C=O) groups is 1. The molecular weight excluding hydrogens is 201 g/mol. The van der Waals surface area contributed by atoms with E-state index < -0.39 is 18.4 Å². The molecule has 1 aliphatic rings. The maximum atomic E-state index is 13.1. The van der Waals surface area contributed by atoms with Gasteiger partial charge in [0.15, 0.2) is 0 Å². The first-order valence-corrected chi connectivity index (χ1v) is 5.24. The van der Waals surface area contributed by atoms with Gasteiger partial charge in [-0.25, -0.2) is 9.18 Å². The number of nitrogens with zero attached hydrogens (tertiary/aromatic N) is 1. The number of hydrogen-bond acceptors (Lipinski definition) is 3. The van der Waals surface area contributed by atoms with Crippen LogP contribution in [0, 0.1) is 5.92 Å². The number of amides is 1.